The number of nitro benzene ring substituents is 2. The average Bonchev–Trinajstić information content (AvgIpc) is 3.91. The summed E-state index contributed by atoms with van der Waals surface area (Å²) in [4.78, 5) is 126. The third-order valence-electron chi connectivity index (χ3n) is 11.8. The molecule has 1 aromatic rings. The Balaban J connectivity index is 0.0000109. The Hall–Kier alpha value is -5.07. The zero-order valence-corrected chi connectivity index (χ0v) is 36.8. The number of thioether (sulfide) groups is 1. The van der Waals surface area contributed by atoms with Crippen LogP contribution in [-0.2, 0) is 44.8 Å². The number of non-ortho nitro benzene ring substituents is 1. The monoisotopic (exact) mass is 901 g/mol. The maximum absolute atomic E-state index is 13.3. The highest BCUT2D eigenvalue weighted by Crippen LogP contribution is 2.33. The second kappa shape index (κ2) is 26.5. The van der Waals surface area contributed by atoms with E-state index in [1.165, 1.54) is 12.1 Å². The lowest BCUT2D eigenvalue weighted by molar-refractivity contribution is -0.394. The zero-order chi connectivity index (χ0) is 45.7. The van der Waals surface area contributed by atoms with Crippen molar-refractivity contribution in [3.63, 3.8) is 0 Å². The summed E-state index contributed by atoms with van der Waals surface area (Å²) in [6, 6.07) is 3.88. The molecule has 63 heavy (non-hydrogen) atoms. The number of carbonyl (C=O) groups is 8. The minimum absolute atomic E-state index is 0. The van der Waals surface area contributed by atoms with Crippen molar-refractivity contribution in [1.29, 1.82) is 0 Å². The predicted octanol–water partition coefficient (Wildman–Crippen LogP) is 7.54. The van der Waals surface area contributed by atoms with Crippen LogP contribution in [0.4, 0.5) is 16.2 Å². The van der Waals surface area contributed by atoms with E-state index in [1.54, 1.807) is 0 Å². The molecule has 4 atom stereocenters. The van der Waals surface area contributed by atoms with Gasteiger partial charge in [0.1, 0.15) is 29.1 Å². The van der Waals surface area contributed by atoms with Crippen molar-refractivity contribution in [3.05, 3.63) is 44.0 Å². The molecule has 1 aromatic carbocycles. The number of nitrogens with one attached hydrogen (secondary N) is 2. The van der Waals surface area contributed by atoms with Crippen molar-refractivity contribution < 1.29 is 54.5 Å². The van der Waals surface area contributed by atoms with Gasteiger partial charge in [-0.05, 0) is 63.9 Å². The van der Waals surface area contributed by atoms with Crippen LogP contribution in [0.25, 0.3) is 0 Å². The van der Waals surface area contributed by atoms with Gasteiger partial charge in [0.15, 0.2) is 0 Å². The van der Waals surface area contributed by atoms with E-state index in [0.29, 0.717) is 112 Å². The number of amides is 4. The molecule has 0 aliphatic carbocycles. The number of benzene rings is 1. The molecule has 18 nitrogen and oxygen atoms in total. The Morgan fingerprint density at radius 3 is 1.83 bits per heavy atom. The Morgan fingerprint density at radius 1 is 0.714 bits per heavy atom. The first-order valence-corrected chi connectivity index (χ1v) is 23.5. The molecule has 19 heteroatoms. The van der Waals surface area contributed by atoms with E-state index in [4.69, 9.17) is 4.84 Å². The number of aryl methyl sites for hydroxylation is 1. The van der Waals surface area contributed by atoms with Gasteiger partial charge in [-0.2, -0.15) is 11.8 Å². The molecular formula is C44H63N5O13S. The first-order valence-electron chi connectivity index (χ1n) is 22.5. The minimum Gasteiger partial charge on any atom is -0.332 e. The maximum atomic E-state index is 13.3. The molecule has 2 N–H and O–H groups in total. The van der Waals surface area contributed by atoms with Gasteiger partial charge in [-0.15, -0.1) is 5.06 Å². The number of fused-ring (bicyclic) bond motifs is 1. The average molecular weight is 902 g/mol. The zero-order valence-electron chi connectivity index (χ0n) is 36.0. The summed E-state index contributed by atoms with van der Waals surface area (Å²) >= 11 is 1.86. The summed E-state index contributed by atoms with van der Waals surface area (Å²) in [6.07, 6.45) is 12.2. The van der Waals surface area contributed by atoms with E-state index in [9.17, 15) is 58.6 Å². The third kappa shape index (κ3) is 17.2. The Bertz CT molecular complexity index is 1830. The molecule has 348 valence electrons. The topological polar surface area (TPSA) is 259 Å². The van der Waals surface area contributed by atoms with Crippen LogP contribution in [0.1, 0.15) is 161 Å². The second-order valence-corrected chi connectivity index (χ2v) is 18.0. The second-order valence-electron chi connectivity index (χ2n) is 16.8. The number of ketones is 4. The van der Waals surface area contributed by atoms with Gasteiger partial charge in [-0.25, -0.2) is 9.59 Å². The van der Waals surface area contributed by atoms with E-state index < -0.39 is 45.8 Å². The van der Waals surface area contributed by atoms with Crippen LogP contribution in [0.5, 0.6) is 0 Å². The van der Waals surface area contributed by atoms with E-state index >= 15 is 0 Å². The third-order valence-corrected chi connectivity index (χ3v) is 13.4. The summed E-state index contributed by atoms with van der Waals surface area (Å²) < 4.78 is 0. The fourth-order valence-corrected chi connectivity index (χ4v) is 9.76. The van der Waals surface area contributed by atoms with Crippen LogP contribution in [0.15, 0.2) is 18.2 Å². The number of hydroxylamine groups is 2. The van der Waals surface area contributed by atoms with Gasteiger partial charge >= 0.3 is 12.0 Å². The number of hydrogen-bond acceptors (Lipinski definition) is 14. The molecule has 0 aromatic heterocycles. The number of imide groups is 1. The van der Waals surface area contributed by atoms with E-state index in [-0.39, 0.29) is 73.9 Å². The SMILES string of the molecule is O=C(CCCCCCC(=O)CC(C(=O)CCCCCCC(=O)CCCCC1SC[C@@H]2NC(=O)N[C@H]12)C(=O)ON1C(=O)CCC1=O)CCCCCCc1ccc([N+](=O)[O-])cc1[N+](=O)[O-].[HH]. The summed E-state index contributed by atoms with van der Waals surface area (Å²) in [5.41, 5.74) is -0.160. The number of rotatable bonds is 33. The molecule has 0 radical (unpaired) electrons. The van der Waals surface area contributed by atoms with E-state index in [2.05, 4.69) is 10.6 Å². The van der Waals surface area contributed by atoms with E-state index in [1.807, 2.05) is 11.8 Å². The molecule has 3 aliphatic heterocycles. The summed E-state index contributed by atoms with van der Waals surface area (Å²) in [5.74, 6) is -3.54. The van der Waals surface area contributed by atoms with Gasteiger partial charge in [0.25, 0.3) is 23.2 Å². The molecule has 4 rings (SSSR count). The summed E-state index contributed by atoms with van der Waals surface area (Å²) in [5, 5.41) is 28.9. The number of urea groups is 1. The predicted molar refractivity (Wildman–Crippen MR) is 233 cm³/mol. The number of nitro groups is 2. The maximum Gasteiger partial charge on any atom is 0.344 e. The van der Waals surface area contributed by atoms with Crippen molar-refractivity contribution in [2.75, 3.05) is 5.75 Å². The van der Waals surface area contributed by atoms with Crippen LogP contribution >= 0.6 is 11.8 Å². The van der Waals surface area contributed by atoms with Crippen LogP contribution in [0, 0.1) is 26.1 Å². The first kappa shape index (κ1) is 50.6. The molecule has 4 amide bonds. The molecule has 2 unspecified atom stereocenters. The normalized spacial score (nSPS) is 18.4. The van der Waals surface area contributed by atoms with Crippen molar-refractivity contribution in [2.45, 2.75) is 178 Å². The van der Waals surface area contributed by atoms with Crippen LogP contribution in [0.3, 0.4) is 0 Å². The summed E-state index contributed by atoms with van der Waals surface area (Å²) in [7, 11) is 0. The van der Waals surface area contributed by atoms with Crippen LogP contribution in [0.2, 0.25) is 0 Å². The van der Waals surface area contributed by atoms with Gasteiger partial charge in [-0.1, -0.05) is 44.9 Å². The number of carbonyl (C=O) groups excluding carboxylic acids is 8. The molecule has 3 saturated heterocycles. The van der Waals surface area contributed by atoms with Gasteiger partial charge < -0.3 is 15.5 Å². The lowest BCUT2D eigenvalue weighted by Gasteiger charge is -2.18. The highest BCUT2D eigenvalue weighted by Gasteiger charge is 2.42. The summed E-state index contributed by atoms with van der Waals surface area (Å²) in [6.45, 7) is 0. The smallest absolute Gasteiger partial charge is 0.332 e. The highest BCUT2D eigenvalue weighted by molar-refractivity contribution is 8.00. The molecule has 0 spiro atoms. The van der Waals surface area contributed by atoms with Gasteiger partial charge in [-0.3, -0.25) is 49.0 Å². The standard InChI is InChI=1S/C44H61N5O13S.H2/c50-32(16-8-2-1-7-15-30-23-24-31(48(58)59)27-37(30)49(60)61)17-9-3-4-11-20-34(52)28-35(43(56)62-47-40(54)25-26-41(47)55)38(53)21-12-6-5-10-18-33(51)19-13-14-22-39-42-36(29-63-39)45-44(57)46-42;/h23-24,27,35-36,39,42H,1-22,25-26,28-29H2,(H2,45,46,57);1H/t35?,36-,39?,42-;/m0./s1. The van der Waals surface area contributed by atoms with Crippen molar-refractivity contribution in [2.24, 2.45) is 5.92 Å². The molecule has 0 bridgehead atoms. The minimum atomic E-state index is -1.45. The molecule has 3 heterocycles. The number of unbranched alkanes of at least 4 members (excludes halogenated alkanes) is 10. The fraction of sp³-hybridized carbons (Fsp3) is 0.682. The lowest BCUT2D eigenvalue weighted by atomic mass is 9.92. The Labute approximate surface area is 372 Å². The first-order chi connectivity index (χ1) is 30.2. The number of hydrogen-bond donors (Lipinski definition) is 2. The largest absolute Gasteiger partial charge is 0.344 e. The lowest BCUT2D eigenvalue weighted by Crippen LogP contribution is -2.37. The highest BCUT2D eigenvalue weighted by atomic mass is 32.2. The molecule has 0 saturated carbocycles. The van der Waals surface area contributed by atoms with Crippen LogP contribution < -0.4 is 10.6 Å². The Kier molecular flexibility index (Phi) is 21.3. The van der Waals surface area contributed by atoms with Crippen molar-refractivity contribution in [1.82, 2.24) is 15.7 Å². The van der Waals surface area contributed by atoms with Gasteiger partial charge in [0.2, 0.25) is 0 Å². The van der Waals surface area contributed by atoms with Gasteiger partial charge in [0, 0.05) is 81.8 Å². The molecule has 3 fully saturated rings. The van der Waals surface area contributed by atoms with Crippen LogP contribution in [-0.4, -0.2) is 84.9 Å². The van der Waals surface area contributed by atoms with Gasteiger partial charge in [0.05, 0.1) is 28.0 Å². The Morgan fingerprint density at radius 2 is 1.25 bits per heavy atom. The number of Topliss-reactive ketones (excluding diaryl/α,β-unsaturated/α-hetero) is 4. The molecular weight excluding hydrogens is 839 g/mol. The van der Waals surface area contributed by atoms with Crippen molar-refractivity contribution in [3.8, 4) is 0 Å². The fourth-order valence-electron chi connectivity index (χ4n) is 8.22. The van der Waals surface area contributed by atoms with E-state index in [0.717, 1.165) is 43.9 Å². The molecule has 3 aliphatic rings. The number of nitrogens with zero attached hydrogens (tertiary/aromatic N) is 3. The van der Waals surface area contributed by atoms with Crippen molar-refractivity contribution >= 4 is 70.1 Å². The quantitative estimate of drug-likeness (QED) is 0.0173.